The minimum absolute atomic E-state index is 0.209. The number of likely N-dealkylation sites (tertiary alicyclic amines) is 1. The molecule has 126 valence electrons. The number of benzene rings is 2. The fourth-order valence-electron chi connectivity index (χ4n) is 3.20. The zero-order valence-corrected chi connectivity index (χ0v) is 14.1. The fraction of sp³-hybridized carbons (Fsp3) is 0.316. The van der Waals surface area contributed by atoms with Gasteiger partial charge < -0.3 is 4.79 Å². The zero-order chi connectivity index (χ0) is 16.9. The molecule has 2 aromatic carbocycles. The van der Waals surface area contributed by atoms with Crippen LogP contribution in [0.5, 0.6) is 0 Å². The first-order valence-corrected chi connectivity index (χ1v) is 9.30. The standard InChI is InChI=1S/C19H20FNO2S/c20-16-10-8-15(9-11-16)13-21-12-4-7-19(18(21)14-22)24(23)17-5-2-1-3-6-17/h1-3,5-6,8-11,14,18-19H,4,7,12-13H2. The quantitative estimate of drug-likeness (QED) is 0.781. The average molecular weight is 345 g/mol. The highest BCUT2D eigenvalue weighted by Crippen LogP contribution is 2.26. The minimum atomic E-state index is -1.22. The normalized spacial score (nSPS) is 22.9. The molecule has 1 saturated heterocycles. The van der Waals surface area contributed by atoms with E-state index in [0.717, 1.165) is 36.1 Å². The van der Waals surface area contributed by atoms with Crippen LogP contribution in [-0.2, 0) is 22.1 Å². The summed E-state index contributed by atoms with van der Waals surface area (Å²) in [5.41, 5.74) is 0.953. The number of carbonyl (C=O) groups is 1. The zero-order valence-electron chi connectivity index (χ0n) is 13.3. The molecule has 1 aliphatic rings. The number of nitrogens with zero attached hydrogens (tertiary/aromatic N) is 1. The molecule has 1 aliphatic heterocycles. The van der Waals surface area contributed by atoms with E-state index in [1.54, 1.807) is 12.1 Å². The van der Waals surface area contributed by atoms with Gasteiger partial charge in [-0.15, -0.1) is 0 Å². The number of halogens is 1. The van der Waals surface area contributed by atoms with Gasteiger partial charge in [-0.25, -0.2) is 4.39 Å². The molecule has 3 rings (SSSR count). The Balaban J connectivity index is 1.78. The van der Waals surface area contributed by atoms with Crippen molar-refractivity contribution >= 4 is 17.1 Å². The van der Waals surface area contributed by atoms with E-state index in [9.17, 15) is 13.4 Å². The van der Waals surface area contributed by atoms with Crippen LogP contribution in [0.4, 0.5) is 4.39 Å². The molecule has 3 unspecified atom stereocenters. The van der Waals surface area contributed by atoms with Crippen LogP contribution in [-0.4, -0.2) is 33.2 Å². The number of carbonyl (C=O) groups excluding carboxylic acids is 1. The Morgan fingerprint density at radius 2 is 1.83 bits per heavy atom. The summed E-state index contributed by atoms with van der Waals surface area (Å²) in [6.45, 7) is 1.34. The first-order chi connectivity index (χ1) is 11.7. The summed E-state index contributed by atoms with van der Waals surface area (Å²) in [4.78, 5) is 14.5. The molecule has 2 aromatic rings. The molecule has 0 saturated carbocycles. The van der Waals surface area contributed by atoms with Crippen LogP contribution in [0.15, 0.2) is 59.5 Å². The van der Waals surface area contributed by atoms with Crippen molar-refractivity contribution in [2.24, 2.45) is 0 Å². The SMILES string of the molecule is O=CC1C(S(=O)c2ccccc2)CCCN1Cc1ccc(F)cc1. The van der Waals surface area contributed by atoms with Gasteiger partial charge >= 0.3 is 0 Å². The number of rotatable bonds is 5. The highest BCUT2D eigenvalue weighted by molar-refractivity contribution is 7.85. The largest absolute Gasteiger partial charge is 0.302 e. The van der Waals surface area contributed by atoms with E-state index < -0.39 is 10.8 Å². The van der Waals surface area contributed by atoms with Gasteiger partial charge in [-0.3, -0.25) is 9.11 Å². The van der Waals surface area contributed by atoms with Gasteiger partial charge in [0.15, 0.2) is 0 Å². The highest BCUT2D eigenvalue weighted by atomic mass is 32.2. The minimum Gasteiger partial charge on any atom is -0.302 e. The van der Waals surface area contributed by atoms with Crippen LogP contribution >= 0.6 is 0 Å². The second-order valence-electron chi connectivity index (χ2n) is 6.01. The van der Waals surface area contributed by atoms with Crippen LogP contribution in [0, 0.1) is 5.82 Å². The van der Waals surface area contributed by atoms with Crippen molar-refractivity contribution in [1.82, 2.24) is 4.90 Å². The summed E-state index contributed by atoms with van der Waals surface area (Å²) in [5, 5.41) is -0.209. The van der Waals surface area contributed by atoms with Gasteiger partial charge in [0.1, 0.15) is 12.1 Å². The van der Waals surface area contributed by atoms with E-state index >= 15 is 0 Å². The van der Waals surface area contributed by atoms with Crippen molar-refractivity contribution in [2.45, 2.75) is 35.6 Å². The Hall–Kier alpha value is -1.85. The van der Waals surface area contributed by atoms with Crippen LogP contribution in [0.25, 0.3) is 0 Å². The summed E-state index contributed by atoms with van der Waals surface area (Å²) < 4.78 is 25.9. The van der Waals surface area contributed by atoms with E-state index in [0.29, 0.717) is 6.54 Å². The van der Waals surface area contributed by atoms with Gasteiger partial charge in [-0.2, -0.15) is 0 Å². The summed E-state index contributed by atoms with van der Waals surface area (Å²) >= 11 is 0. The van der Waals surface area contributed by atoms with E-state index in [-0.39, 0.29) is 17.1 Å². The van der Waals surface area contributed by atoms with Crippen molar-refractivity contribution in [3.05, 3.63) is 66.0 Å². The average Bonchev–Trinajstić information content (AvgIpc) is 2.63. The second kappa shape index (κ2) is 7.81. The Bertz CT molecular complexity index is 705. The van der Waals surface area contributed by atoms with Gasteiger partial charge in [0, 0.05) is 11.4 Å². The lowest BCUT2D eigenvalue weighted by atomic mass is 10.0. The molecule has 0 spiro atoms. The van der Waals surface area contributed by atoms with Crippen molar-refractivity contribution in [2.75, 3.05) is 6.54 Å². The molecule has 5 heteroatoms. The van der Waals surface area contributed by atoms with Crippen molar-refractivity contribution in [3.8, 4) is 0 Å². The number of aldehydes is 1. The number of hydrogen-bond donors (Lipinski definition) is 0. The third kappa shape index (κ3) is 3.79. The molecule has 3 atom stereocenters. The first kappa shape index (κ1) is 17.0. The molecule has 0 radical (unpaired) electrons. The van der Waals surface area contributed by atoms with Gasteiger partial charge in [-0.05, 0) is 49.2 Å². The maximum absolute atomic E-state index is 13.1. The topological polar surface area (TPSA) is 37.4 Å². The van der Waals surface area contributed by atoms with E-state index in [2.05, 4.69) is 4.90 Å². The van der Waals surface area contributed by atoms with E-state index in [4.69, 9.17) is 0 Å². The number of hydrogen-bond acceptors (Lipinski definition) is 3. The lowest BCUT2D eigenvalue weighted by Crippen LogP contribution is -2.50. The molecule has 0 bridgehead atoms. The van der Waals surface area contributed by atoms with Crippen LogP contribution in [0.2, 0.25) is 0 Å². The second-order valence-corrected chi connectivity index (χ2v) is 7.69. The van der Waals surface area contributed by atoms with Crippen molar-refractivity contribution < 1.29 is 13.4 Å². The Morgan fingerprint density at radius 3 is 2.50 bits per heavy atom. The van der Waals surface area contributed by atoms with Crippen LogP contribution in [0.3, 0.4) is 0 Å². The molecule has 1 heterocycles. The van der Waals surface area contributed by atoms with Gasteiger partial charge in [0.2, 0.25) is 0 Å². The monoisotopic (exact) mass is 345 g/mol. The molecular formula is C19H20FNO2S. The molecule has 0 N–H and O–H groups in total. The van der Waals surface area contributed by atoms with Gasteiger partial charge in [0.05, 0.1) is 22.1 Å². The predicted molar refractivity (Wildman–Crippen MR) is 92.5 cm³/mol. The number of piperidine rings is 1. The maximum Gasteiger partial charge on any atom is 0.138 e. The summed E-state index contributed by atoms with van der Waals surface area (Å²) in [7, 11) is -1.22. The predicted octanol–water partition coefficient (Wildman–Crippen LogP) is 3.17. The Morgan fingerprint density at radius 1 is 1.12 bits per heavy atom. The van der Waals surface area contributed by atoms with Crippen molar-refractivity contribution in [1.29, 1.82) is 0 Å². The first-order valence-electron chi connectivity index (χ1n) is 8.08. The van der Waals surface area contributed by atoms with Crippen LogP contribution in [0.1, 0.15) is 18.4 Å². The fourth-order valence-corrected chi connectivity index (χ4v) is 4.84. The highest BCUT2D eigenvalue weighted by Gasteiger charge is 2.35. The Labute approximate surface area is 143 Å². The van der Waals surface area contributed by atoms with E-state index in [1.807, 2.05) is 30.3 Å². The molecular weight excluding hydrogens is 325 g/mol. The van der Waals surface area contributed by atoms with E-state index in [1.165, 1.54) is 12.1 Å². The molecule has 1 fully saturated rings. The van der Waals surface area contributed by atoms with Gasteiger partial charge in [-0.1, -0.05) is 30.3 Å². The molecule has 24 heavy (non-hydrogen) atoms. The molecule has 0 aromatic heterocycles. The molecule has 0 amide bonds. The maximum atomic E-state index is 13.1. The molecule has 3 nitrogen and oxygen atoms in total. The third-order valence-corrected chi connectivity index (χ3v) is 6.23. The summed E-state index contributed by atoms with van der Waals surface area (Å²) in [5.74, 6) is -0.271. The Kier molecular flexibility index (Phi) is 5.53. The smallest absolute Gasteiger partial charge is 0.138 e. The lowest BCUT2D eigenvalue weighted by molar-refractivity contribution is -0.113. The third-order valence-electron chi connectivity index (χ3n) is 4.43. The summed E-state index contributed by atoms with van der Waals surface area (Å²) in [6, 6.07) is 15.2. The summed E-state index contributed by atoms with van der Waals surface area (Å²) in [6.07, 6.45) is 2.58. The van der Waals surface area contributed by atoms with Crippen LogP contribution < -0.4 is 0 Å². The van der Waals surface area contributed by atoms with Gasteiger partial charge in [0.25, 0.3) is 0 Å². The van der Waals surface area contributed by atoms with Crippen molar-refractivity contribution in [3.63, 3.8) is 0 Å². The molecule has 0 aliphatic carbocycles. The lowest BCUT2D eigenvalue weighted by Gasteiger charge is -2.37.